The van der Waals surface area contributed by atoms with E-state index in [0.717, 1.165) is 12.8 Å². The van der Waals surface area contributed by atoms with Crippen LogP contribution in [-0.2, 0) is 9.53 Å². The number of fused-ring (bicyclic) bond motifs is 2. The SMILES string of the molecule is COCCOc1c(Cl)cccc1NC(=O)CC1CC2CCC(C1)N2. The van der Waals surface area contributed by atoms with Crippen molar-refractivity contribution < 1.29 is 14.3 Å². The third-order valence-corrected chi connectivity index (χ3v) is 5.12. The van der Waals surface area contributed by atoms with Gasteiger partial charge in [0, 0.05) is 25.6 Å². The molecule has 3 rings (SSSR count). The summed E-state index contributed by atoms with van der Waals surface area (Å²) in [4.78, 5) is 12.5. The quantitative estimate of drug-likeness (QED) is 0.740. The average Bonchev–Trinajstić information content (AvgIpc) is 2.89. The molecule has 1 amide bonds. The Hall–Kier alpha value is -1.30. The molecule has 2 heterocycles. The lowest BCUT2D eigenvalue weighted by molar-refractivity contribution is -0.117. The molecular weight excluding hydrogens is 328 g/mol. The van der Waals surface area contributed by atoms with Gasteiger partial charge in [0.1, 0.15) is 6.61 Å². The van der Waals surface area contributed by atoms with E-state index in [1.54, 1.807) is 13.2 Å². The molecule has 2 aliphatic rings. The fraction of sp³-hybridized carbons (Fsp3) is 0.611. The molecule has 2 fully saturated rings. The first-order valence-corrected chi connectivity index (χ1v) is 8.99. The largest absolute Gasteiger partial charge is 0.487 e. The molecule has 0 aliphatic carbocycles. The molecule has 1 aromatic rings. The van der Waals surface area contributed by atoms with Gasteiger partial charge in [0.05, 0.1) is 17.3 Å². The third-order valence-electron chi connectivity index (χ3n) is 4.82. The molecule has 2 unspecified atom stereocenters. The van der Waals surface area contributed by atoms with Crippen LogP contribution in [0.15, 0.2) is 18.2 Å². The Balaban J connectivity index is 1.58. The number of methoxy groups -OCH3 is 1. The van der Waals surface area contributed by atoms with Gasteiger partial charge in [-0.3, -0.25) is 4.79 Å². The second kappa shape index (κ2) is 8.19. The molecule has 2 atom stereocenters. The zero-order chi connectivity index (χ0) is 16.9. The van der Waals surface area contributed by atoms with Gasteiger partial charge in [-0.15, -0.1) is 0 Å². The number of benzene rings is 1. The zero-order valence-electron chi connectivity index (χ0n) is 14.0. The summed E-state index contributed by atoms with van der Waals surface area (Å²) in [6.07, 6.45) is 5.23. The maximum Gasteiger partial charge on any atom is 0.224 e. The number of halogens is 1. The minimum Gasteiger partial charge on any atom is -0.487 e. The van der Waals surface area contributed by atoms with Gasteiger partial charge in [0.25, 0.3) is 0 Å². The zero-order valence-corrected chi connectivity index (χ0v) is 14.8. The minimum atomic E-state index is 0.0279. The van der Waals surface area contributed by atoms with Crippen molar-refractivity contribution >= 4 is 23.2 Å². The van der Waals surface area contributed by atoms with Crippen molar-refractivity contribution in [1.82, 2.24) is 5.32 Å². The van der Waals surface area contributed by atoms with Crippen LogP contribution in [0.2, 0.25) is 5.02 Å². The van der Waals surface area contributed by atoms with Gasteiger partial charge >= 0.3 is 0 Å². The summed E-state index contributed by atoms with van der Waals surface area (Å²) in [7, 11) is 1.62. The molecule has 2 N–H and O–H groups in total. The summed E-state index contributed by atoms with van der Waals surface area (Å²) >= 11 is 6.20. The lowest BCUT2D eigenvalue weighted by Crippen LogP contribution is -2.39. The molecule has 132 valence electrons. The smallest absolute Gasteiger partial charge is 0.224 e. The van der Waals surface area contributed by atoms with Crippen LogP contribution in [0.5, 0.6) is 5.75 Å². The fourth-order valence-electron chi connectivity index (χ4n) is 3.79. The predicted molar refractivity (Wildman–Crippen MR) is 94.7 cm³/mol. The number of rotatable bonds is 7. The van der Waals surface area contributed by atoms with Crippen molar-refractivity contribution in [3.05, 3.63) is 23.2 Å². The summed E-state index contributed by atoms with van der Waals surface area (Å²) in [6.45, 7) is 0.858. The van der Waals surface area contributed by atoms with Crippen molar-refractivity contribution in [3.8, 4) is 5.75 Å². The summed E-state index contributed by atoms with van der Waals surface area (Å²) < 4.78 is 10.7. The van der Waals surface area contributed by atoms with Crippen molar-refractivity contribution in [2.75, 3.05) is 25.6 Å². The Morgan fingerprint density at radius 3 is 2.75 bits per heavy atom. The Morgan fingerprint density at radius 2 is 2.04 bits per heavy atom. The van der Waals surface area contributed by atoms with Crippen molar-refractivity contribution in [2.45, 2.75) is 44.2 Å². The highest BCUT2D eigenvalue weighted by Crippen LogP contribution is 2.35. The van der Waals surface area contributed by atoms with E-state index in [4.69, 9.17) is 21.1 Å². The first kappa shape index (κ1) is 17.5. The Bertz CT molecular complexity index is 569. The number of ether oxygens (including phenoxy) is 2. The molecule has 24 heavy (non-hydrogen) atoms. The highest BCUT2D eigenvalue weighted by atomic mass is 35.5. The maximum absolute atomic E-state index is 12.5. The van der Waals surface area contributed by atoms with Gasteiger partial charge in [-0.25, -0.2) is 0 Å². The normalized spacial score (nSPS) is 25.5. The number of anilines is 1. The Kier molecular flexibility index (Phi) is 5.98. The number of hydrogen-bond donors (Lipinski definition) is 2. The predicted octanol–water partition coefficient (Wildman–Crippen LogP) is 3.22. The van der Waals surface area contributed by atoms with E-state index in [2.05, 4.69) is 10.6 Å². The number of piperidine rings is 1. The van der Waals surface area contributed by atoms with Crippen LogP contribution >= 0.6 is 11.6 Å². The number of carbonyl (C=O) groups is 1. The van der Waals surface area contributed by atoms with Crippen molar-refractivity contribution in [3.63, 3.8) is 0 Å². The summed E-state index contributed by atoms with van der Waals surface area (Å²) in [5.74, 6) is 0.996. The van der Waals surface area contributed by atoms with Gasteiger partial charge in [-0.1, -0.05) is 17.7 Å². The molecule has 2 aliphatic heterocycles. The van der Waals surface area contributed by atoms with Gasteiger partial charge < -0.3 is 20.1 Å². The van der Waals surface area contributed by atoms with Crippen LogP contribution in [0.4, 0.5) is 5.69 Å². The minimum absolute atomic E-state index is 0.0279. The van der Waals surface area contributed by atoms with Gasteiger partial charge in [-0.2, -0.15) is 0 Å². The van der Waals surface area contributed by atoms with E-state index in [9.17, 15) is 4.79 Å². The monoisotopic (exact) mass is 352 g/mol. The van der Waals surface area contributed by atoms with Crippen LogP contribution in [0, 0.1) is 5.92 Å². The lowest BCUT2D eigenvalue weighted by atomic mass is 9.89. The van der Waals surface area contributed by atoms with Crippen LogP contribution in [0.25, 0.3) is 0 Å². The average molecular weight is 353 g/mol. The number of amides is 1. The molecule has 1 aromatic carbocycles. The van der Waals surface area contributed by atoms with E-state index in [0.29, 0.717) is 54.1 Å². The number of para-hydroxylation sites is 1. The van der Waals surface area contributed by atoms with Crippen LogP contribution < -0.4 is 15.4 Å². The van der Waals surface area contributed by atoms with Gasteiger partial charge in [0.15, 0.2) is 5.75 Å². The standard InChI is InChI=1S/C18H25ClN2O3/c1-23-7-8-24-18-15(19)3-2-4-16(18)21-17(22)11-12-9-13-5-6-14(10-12)20-13/h2-4,12-14,20H,5-11H2,1H3,(H,21,22). The number of nitrogens with one attached hydrogen (secondary N) is 2. The van der Waals surface area contributed by atoms with Crippen LogP contribution in [0.3, 0.4) is 0 Å². The number of carbonyl (C=O) groups excluding carboxylic acids is 1. The topological polar surface area (TPSA) is 59.6 Å². The molecule has 6 heteroatoms. The van der Waals surface area contributed by atoms with E-state index in [1.165, 1.54) is 12.8 Å². The summed E-state index contributed by atoms with van der Waals surface area (Å²) in [5, 5.41) is 7.06. The van der Waals surface area contributed by atoms with E-state index >= 15 is 0 Å². The Morgan fingerprint density at radius 1 is 1.29 bits per heavy atom. The van der Waals surface area contributed by atoms with E-state index in [1.807, 2.05) is 12.1 Å². The Labute approximate surface area is 148 Å². The fourth-order valence-corrected chi connectivity index (χ4v) is 4.02. The molecule has 2 bridgehead atoms. The summed E-state index contributed by atoms with van der Waals surface area (Å²) in [5.41, 5.74) is 0.625. The van der Waals surface area contributed by atoms with Crippen molar-refractivity contribution in [1.29, 1.82) is 0 Å². The van der Waals surface area contributed by atoms with E-state index < -0.39 is 0 Å². The molecule has 2 saturated heterocycles. The molecular formula is C18H25ClN2O3. The third kappa shape index (κ3) is 4.41. The van der Waals surface area contributed by atoms with Gasteiger partial charge in [-0.05, 0) is 43.7 Å². The highest BCUT2D eigenvalue weighted by molar-refractivity contribution is 6.32. The molecule has 5 nitrogen and oxygen atoms in total. The maximum atomic E-state index is 12.5. The first-order chi connectivity index (χ1) is 11.7. The first-order valence-electron chi connectivity index (χ1n) is 8.62. The molecule has 0 aromatic heterocycles. The van der Waals surface area contributed by atoms with Gasteiger partial charge in [0.2, 0.25) is 5.91 Å². The summed E-state index contributed by atoms with van der Waals surface area (Å²) in [6, 6.07) is 6.58. The lowest BCUT2D eigenvalue weighted by Gasteiger charge is -2.28. The van der Waals surface area contributed by atoms with E-state index in [-0.39, 0.29) is 5.91 Å². The van der Waals surface area contributed by atoms with Crippen molar-refractivity contribution in [2.24, 2.45) is 5.92 Å². The second-order valence-corrected chi connectivity index (χ2v) is 7.09. The molecule has 0 spiro atoms. The van der Waals surface area contributed by atoms with Crippen LogP contribution in [-0.4, -0.2) is 38.3 Å². The van der Waals surface area contributed by atoms with Crippen LogP contribution in [0.1, 0.15) is 32.1 Å². The molecule has 0 saturated carbocycles. The highest BCUT2D eigenvalue weighted by Gasteiger charge is 2.34. The molecule has 0 radical (unpaired) electrons. The second-order valence-electron chi connectivity index (χ2n) is 6.69. The number of hydrogen-bond acceptors (Lipinski definition) is 4.